The number of carbonyl (C=O) groups excluding carboxylic acids is 2. The van der Waals surface area contributed by atoms with Crippen molar-refractivity contribution in [3.8, 4) is 0 Å². The molecule has 1 fully saturated rings. The molecule has 0 aromatic heterocycles. The van der Waals surface area contributed by atoms with Crippen LogP contribution in [-0.2, 0) is 14.3 Å². The molecule has 7 heteroatoms. The van der Waals surface area contributed by atoms with E-state index in [0.29, 0.717) is 35.4 Å². The molecular formula is C19H21N3O3S. The van der Waals surface area contributed by atoms with Crippen LogP contribution in [0.3, 0.4) is 0 Å². The maximum atomic E-state index is 13.1. The summed E-state index contributed by atoms with van der Waals surface area (Å²) in [7, 11) is 0. The average molecular weight is 371 g/mol. The summed E-state index contributed by atoms with van der Waals surface area (Å²) in [6.45, 7) is 5.46. The highest BCUT2D eigenvalue weighted by Gasteiger charge is 2.39. The highest BCUT2D eigenvalue weighted by atomic mass is 32.2. The number of amidine groups is 1. The van der Waals surface area contributed by atoms with Crippen LogP contribution in [0.5, 0.6) is 0 Å². The molecule has 1 aromatic rings. The lowest BCUT2D eigenvalue weighted by atomic mass is 10.1. The minimum Gasteiger partial charge on any atom is -0.378 e. The molecule has 0 unspecified atom stereocenters. The number of hydrogen-bond donors (Lipinski definition) is 0. The molecule has 0 saturated carbocycles. The van der Waals surface area contributed by atoms with Crippen molar-refractivity contribution in [1.82, 2.24) is 4.90 Å². The average Bonchev–Trinajstić information content (AvgIpc) is 3.18. The molecule has 3 aliphatic heterocycles. The Morgan fingerprint density at radius 2 is 1.96 bits per heavy atom. The van der Waals surface area contributed by atoms with Gasteiger partial charge in [-0.15, -0.1) is 0 Å². The molecule has 3 aliphatic rings. The van der Waals surface area contributed by atoms with E-state index in [9.17, 15) is 9.59 Å². The Bertz CT molecular complexity index is 812. The molecule has 0 atom stereocenters. The summed E-state index contributed by atoms with van der Waals surface area (Å²) in [5.41, 5.74) is 2.23. The van der Waals surface area contributed by atoms with Crippen molar-refractivity contribution in [3.05, 3.63) is 34.7 Å². The first kappa shape index (κ1) is 17.3. The molecular weight excluding hydrogens is 350 g/mol. The zero-order chi connectivity index (χ0) is 18.1. The monoisotopic (exact) mass is 371 g/mol. The molecule has 4 rings (SSSR count). The number of benzene rings is 1. The first-order valence-corrected chi connectivity index (χ1v) is 9.81. The fraction of sp³-hybridized carbons (Fsp3) is 0.421. The van der Waals surface area contributed by atoms with Crippen LogP contribution in [0.4, 0.5) is 5.69 Å². The van der Waals surface area contributed by atoms with Gasteiger partial charge in [0, 0.05) is 25.2 Å². The van der Waals surface area contributed by atoms with Crippen LogP contribution in [0.1, 0.15) is 25.3 Å². The second-order valence-corrected chi connectivity index (χ2v) is 7.41. The normalized spacial score (nSPS) is 22.9. The molecule has 0 N–H and O–H groups in total. The zero-order valence-electron chi connectivity index (χ0n) is 14.7. The fourth-order valence-electron chi connectivity index (χ4n) is 3.38. The van der Waals surface area contributed by atoms with Gasteiger partial charge in [-0.05, 0) is 24.2 Å². The Morgan fingerprint density at radius 1 is 1.19 bits per heavy atom. The maximum absolute atomic E-state index is 13.1. The minimum absolute atomic E-state index is 0.0890. The molecule has 0 spiro atoms. The predicted molar refractivity (Wildman–Crippen MR) is 103 cm³/mol. The smallest absolute Gasteiger partial charge is 0.287 e. The van der Waals surface area contributed by atoms with Crippen LogP contribution in [0.15, 0.2) is 34.2 Å². The highest BCUT2D eigenvalue weighted by Crippen LogP contribution is 2.43. The Kier molecular flexibility index (Phi) is 4.82. The van der Waals surface area contributed by atoms with Gasteiger partial charge in [0.05, 0.1) is 29.4 Å². The standard InChI is InChI=1S/C19H21N3O3S/c1-2-3-8-22-14-7-5-4-6-13(14)15(18(22)24)16-17(23)20-19(26-16)21-9-11-25-12-10-21/h4-7H,2-3,8-12H2,1H3/b16-15+. The van der Waals surface area contributed by atoms with E-state index in [4.69, 9.17) is 4.74 Å². The van der Waals surface area contributed by atoms with Gasteiger partial charge in [-0.25, -0.2) is 0 Å². The minimum atomic E-state index is -0.313. The Hall–Kier alpha value is -2.12. The van der Waals surface area contributed by atoms with E-state index >= 15 is 0 Å². The maximum Gasteiger partial charge on any atom is 0.287 e. The number of rotatable bonds is 3. The number of morpholine rings is 1. The molecule has 136 valence electrons. The van der Waals surface area contributed by atoms with Crippen LogP contribution in [0.2, 0.25) is 0 Å². The van der Waals surface area contributed by atoms with Crippen LogP contribution in [0.25, 0.3) is 5.57 Å². The summed E-state index contributed by atoms with van der Waals surface area (Å²) >= 11 is 1.32. The SMILES string of the molecule is CCCCN1C(=O)/C(=C2/SC(N3CCOCC3)=NC2=O)c2ccccc21. The summed E-state index contributed by atoms with van der Waals surface area (Å²) in [5.74, 6) is -0.402. The second kappa shape index (κ2) is 7.25. The zero-order valence-corrected chi connectivity index (χ0v) is 15.6. The van der Waals surface area contributed by atoms with Crippen LogP contribution < -0.4 is 4.90 Å². The number of ether oxygens (including phenoxy) is 1. The molecule has 0 bridgehead atoms. The third-order valence-corrected chi connectivity index (χ3v) is 5.87. The number of fused-ring (bicyclic) bond motifs is 1. The molecule has 6 nitrogen and oxygen atoms in total. The van der Waals surface area contributed by atoms with Gasteiger partial charge in [-0.1, -0.05) is 31.5 Å². The first-order chi connectivity index (χ1) is 12.7. The quantitative estimate of drug-likeness (QED) is 0.764. The van der Waals surface area contributed by atoms with Gasteiger partial charge in [0.25, 0.3) is 11.8 Å². The van der Waals surface area contributed by atoms with E-state index in [1.165, 1.54) is 11.8 Å². The van der Waals surface area contributed by atoms with Crippen molar-refractivity contribution >= 4 is 40.0 Å². The van der Waals surface area contributed by atoms with Crippen LogP contribution >= 0.6 is 11.8 Å². The number of para-hydroxylation sites is 1. The molecule has 0 aliphatic carbocycles. The number of aliphatic imine (C=N–C) groups is 1. The summed E-state index contributed by atoms with van der Waals surface area (Å²) in [6.07, 6.45) is 1.94. The van der Waals surface area contributed by atoms with Crippen molar-refractivity contribution in [1.29, 1.82) is 0 Å². The van der Waals surface area contributed by atoms with Gasteiger partial charge < -0.3 is 14.5 Å². The van der Waals surface area contributed by atoms with E-state index in [1.807, 2.05) is 24.3 Å². The lowest BCUT2D eigenvalue weighted by molar-refractivity contribution is -0.115. The molecule has 2 amide bonds. The van der Waals surface area contributed by atoms with E-state index < -0.39 is 0 Å². The van der Waals surface area contributed by atoms with Gasteiger partial charge in [0.1, 0.15) is 0 Å². The largest absolute Gasteiger partial charge is 0.378 e. The molecule has 1 aromatic carbocycles. The number of unbranched alkanes of at least 4 members (excludes halogenated alkanes) is 1. The lowest BCUT2D eigenvalue weighted by Gasteiger charge is -2.27. The predicted octanol–water partition coefficient (Wildman–Crippen LogP) is 2.51. The van der Waals surface area contributed by atoms with Crippen molar-refractivity contribution in [2.75, 3.05) is 37.7 Å². The highest BCUT2D eigenvalue weighted by molar-refractivity contribution is 8.18. The molecule has 3 heterocycles. The third-order valence-electron chi connectivity index (χ3n) is 4.75. The Balaban J connectivity index is 1.68. The fourth-order valence-corrected chi connectivity index (χ4v) is 4.44. The summed E-state index contributed by atoms with van der Waals surface area (Å²) in [4.78, 5) is 34.2. The number of carbonyl (C=O) groups is 2. The van der Waals surface area contributed by atoms with Gasteiger partial charge >= 0.3 is 0 Å². The molecule has 1 saturated heterocycles. The second-order valence-electron chi connectivity index (χ2n) is 6.43. The van der Waals surface area contributed by atoms with Crippen LogP contribution in [-0.4, -0.2) is 54.7 Å². The third kappa shape index (κ3) is 2.95. The number of nitrogens with zero attached hydrogens (tertiary/aromatic N) is 3. The van der Waals surface area contributed by atoms with E-state index in [2.05, 4.69) is 16.8 Å². The summed E-state index contributed by atoms with van der Waals surface area (Å²) in [5, 5.41) is 0.679. The first-order valence-electron chi connectivity index (χ1n) is 9.00. The Morgan fingerprint density at radius 3 is 2.73 bits per heavy atom. The van der Waals surface area contributed by atoms with E-state index in [-0.39, 0.29) is 11.8 Å². The van der Waals surface area contributed by atoms with Gasteiger partial charge in [-0.3, -0.25) is 9.59 Å². The molecule has 0 radical (unpaired) electrons. The lowest BCUT2D eigenvalue weighted by Crippen LogP contribution is -2.38. The van der Waals surface area contributed by atoms with Crippen molar-refractivity contribution < 1.29 is 14.3 Å². The van der Waals surface area contributed by atoms with Crippen LogP contribution in [0, 0.1) is 0 Å². The van der Waals surface area contributed by atoms with Crippen molar-refractivity contribution in [2.24, 2.45) is 4.99 Å². The number of hydrogen-bond acceptors (Lipinski definition) is 5. The molecule has 26 heavy (non-hydrogen) atoms. The number of amides is 2. The summed E-state index contributed by atoms with van der Waals surface area (Å²) in [6, 6.07) is 7.70. The van der Waals surface area contributed by atoms with Crippen molar-refractivity contribution in [3.63, 3.8) is 0 Å². The van der Waals surface area contributed by atoms with E-state index in [1.54, 1.807) is 4.90 Å². The van der Waals surface area contributed by atoms with Gasteiger partial charge in [0.15, 0.2) is 5.17 Å². The van der Waals surface area contributed by atoms with E-state index in [0.717, 1.165) is 37.2 Å². The van der Waals surface area contributed by atoms with Crippen molar-refractivity contribution in [2.45, 2.75) is 19.8 Å². The van der Waals surface area contributed by atoms with Gasteiger partial charge in [0.2, 0.25) is 0 Å². The topological polar surface area (TPSA) is 62.2 Å². The van der Waals surface area contributed by atoms with Gasteiger partial charge in [-0.2, -0.15) is 4.99 Å². The Labute approximate surface area is 156 Å². The number of anilines is 1. The number of thioether (sulfide) groups is 1. The summed E-state index contributed by atoms with van der Waals surface area (Å²) < 4.78 is 5.36.